The third-order valence-electron chi connectivity index (χ3n) is 7.15. The number of ether oxygens (including phenoxy) is 1. The Morgan fingerprint density at radius 3 is 2.52 bits per heavy atom. The van der Waals surface area contributed by atoms with E-state index < -0.39 is 6.36 Å². The molecule has 1 fully saturated rings. The number of carbonyl (C=O) groups is 1. The Morgan fingerprint density at radius 2 is 1.83 bits per heavy atom. The van der Waals surface area contributed by atoms with Gasteiger partial charge < -0.3 is 4.74 Å². The fraction of sp³-hybridized carbons (Fsp3) is 0.281. The van der Waals surface area contributed by atoms with Crippen molar-refractivity contribution in [3.8, 4) is 22.8 Å². The molecule has 0 bridgehead atoms. The maximum atomic E-state index is 12.8. The molecule has 1 aliphatic rings. The molecule has 240 valence electrons. The highest BCUT2D eigenvalue weighted by Gasteiger charge is 2.32. The zero-order chi connectivity index (χ0) is 32.7. The zero-order valence-electron chi connectivity index (χ0n) is 25.1. The van der Waals surface area contributed by atoms with Crippen molar-refractivity contribution < 1.29 is 22.7 Å². The van der Waals surface area contributed by atoms with Crippen LogP contribution in [0.15, 0.2) is 84.1 Å². The Labute approximate surface area is 274 Å². The summed E-state index contributed by atoms with van der Waals surface area (Å²) in [7, 11) is 0. The molecule has 2 heterocycles. The van der Waals surface area contributed by atoms with Gasteiger partial charge in [0.15, 0.2) is 11.0 Å². The fourth-order valence-corrected chi connectivity index (χ4v) is 5.93. The van der Waals surface area contributed by atoms with Crippen LogP contribution in [0.2, 0.25) is 0 Å². The van der Waals surface area contributed by atoms with Gasteiger partial charge in [-0.2, -0.15) is 4.99 Å². The summed E-state index contributed by atoms with van der Waals surface area (Å²) in [6.45, 7) is 4.18. The fourth-order valence-electron chi connectivity index (χ4n) is 4.86. The Bertz CT molecular complexity index is 1690. The molecule has 46 heavy (non-hydrogen) atoms. The Morgan fingerprint density at radius 1 is 1.09 bits per heavy atom. The molecule has 1 unspecified atom stereocenters. The van der Waals surface area contributed by atoms with Crippen molar-refractivity contribution in [1.82, 2.24) is 25.6 Å². The lowest BCUT2D eigenvalue weighted by molar-refractivity contribution is -0.274. The standard InChI is InChI=1S/C32H32F3N7O2S2/c1-3-5-8-22-9-6-7-10-27(22)42-28(43)19-46-31(42)37-30(45)39-38-26(4-2)21-11-13-23(14-12-21)29-36-20-41(40-29)24-15-17-25(18-16-24)44-32(33,34)35/h6-7,9-18,20,26,38H,3-5,8,19H2,1-2H3,(H,39,45). The highest BCUT2D eigenvalue weighted by atomic mass is 32.2. The summed E-state index contributed by atoms with van der Waals surface area (Å²) in [4.78, 5) is 23.4. The number of amides is 1. The summed E-state index contributed by atoms with van der Waals surface area (Å²) in [6, 6.07) is 20.9. The van der Waals surface area contributed by atoms with Gasteiger partial charge in [-0.05, 0) is 72.9 Å². The van der Waals surface area contributed by atoms with E-state index in [-0.39, 0.29) is 22.8 Å². The predicted molar refractivity (Wildman–Crippen MR) is 178 cm³/mol. The van der Waals surface area contributed by atoms with Crippen molar-refractivity contribution in [3.05, 3.63) is 90.3 Å². The van der Waals surface area contributed by atoms with Crippen molar-refractivity contribution in [2.24, 2.45) is 4.99 Å². The first-order valence-electron chi connectivity index (χ1n) is 14.7. The van der Waals surface area contributed by atoms with E-state index in [0.29, 0.717) is 22.4 Å². The summed E-state index contributed by atoms with van der Waals surface area (Å²) in [5.74, 6) is 0.425. The van der Waals surface area contributed by atoms with E-state index in [0.717, 1.165) is 48.1 Å². The van der Waals surface area contributed by atoms with Gasteiger partial charge in [0.25, 0.3) is 0 Å². The first kappa shape index (κ1) is 33.1. The second kappa shape index (κ2) is 14.9. The van der Waals surface area contributed by atoms with Crippen LogP contribution in [-0.2, 0) is 11.2 Å². The molecule has 1 aliphatic heterocycles. The van der Waals surface area contributed by atoms with Crippen molar-refractivity contribution >= 4 is 45.9 Å². The van der Waals surface area contributed by atoms with Crippen LogP contribution in [0.1, 0.15) is 50.3 Å². The number of halogens is 3. The average molecular weight is 668 g/mol. The van der Waals surface area contributed by atoms with E-state index in [9.17, 15) is 18.0 Å². The minimum absolute atomic E-state index is 0.0252. The number of aromatic nitrogens is 3. The smallest absolute Gasteiger partial charge is 0.406 e. The van der Waals surface area contributed by atoms with E-state index in [2.05, 4.69) is 43.7 Å². The summed E-state index contributed by atoms with van der Waals surface area (Å²) in [5.41, 5.74) is 10.5. The number of alkyl halides is 3. The van der Waals surface area contributed by atoms with Crippen LogP contribution >= 0.6 is 24.0 Å². The number of rotatable bonds is 11. The van der Waals surface area contributed by atoms with Crippen LogP contribution in [0.5, 0.6) is 5.75 Å². The van der Waals surface area contributed by atoms with Gasteiger partial charge in [0.05, 0.1) is 23.2 Å². The van der Waals surface area contributed by atoms with Gasteiger partial charge in [0.1, 0.15) is 12.1 Å². The van der Waals surface area contributed by atoms with E-state index >= 15 is 0 Å². The lowest BCUT2D eigenvalue weighted by atomic mass is 10.0. The molecule has 5 rings (SSSR count). The summed E-state index contributed by atoms with van der Waals surface area (Å²) < 4.78 is 42.7. The van der Waals surface area contributed by atoms with Crippen molar-refractivity contribution in [2.45, 2.75) is 51.9 Å². The van der Waals surface area contributed by atoms with Gasteiger partial charge in [0.2, 0.25) is 11.0 Å². The van der Waals surface area contributed by atoms with Crippen LogP contribution in [0.3, 0.4) is 0 Å². The van der Waals surface area contributed by atoms with Crippen molar-refractivity contribution in [1.29, 1.82) is 0 Å². The summed E-state index contributed by atoms with van der Waals surface area (Å²) in [5, 5.41) is 5.23. The number of carbonyl (C=O) groups excluding carboxylic acids is 1. The van der Waals surface area contributed by atoms with Crippen LogP contribution < -0.4 is 20.5 Å². The van der Waals surface area contributed by atoms with E-state index in [1.54, 1.807) is 4.90 Å². The number of unbranched alkanes of at least 4 members (excludes halogenated alkanes) is 1. The monoisotopic (exact) mass is 667 g/mol. The SMILES string of the molecule is CCCCc1ccccc1N1C(=O)CSC1=NC(=S)NNC(CC)c1ccc(-c2ncn(-c3ccc(OC(F)(F)F)cc3)n2)cc1. The average Bonchev–Trinajstić information content (AvgIpc) is 3.67. The molecule has 4 aromatic rings. The van der Waals surface area contributed by atoms with Gasteiger partial charge in [-0.3, -0.25) is 15.1 Å². The first-order chi connectivity index (χ1) is 22.1. The van der Waals surface area contributed by atoms with E-state index in [1.807, 2.05) is 49.4 Å². The number of thiocarbonyl (C=S) groups is 1. The maximum Gasteiger partial charge on any atom is 0.573 e. The number of hydrazine groups is 1. The molecule has 0 radical (unpaired) electrons. The van der Waals surface area contributed by atoms with Gasteiger partial charge >= 0.3 is 6.36 Å². The molecule has 3 aromatic carbocycles. The van der Waals surface area contributed by atoms with Crippen LogP contribution in [-0.4, -0.2) is 43.1 Å². The molecule has 1 aromatic heterocycles. The van der Waals surface area contributed by atoms with Gasteiger partial charge in [-0.25, -0.2) is 15.1 Å². The predicted octanol–water partition coefficient (Wildman–Crippen LogP) is 7.14. The normalized spacial score (nSPS) is 14.9. The quantitative estimate of drug-likeness (QED) is 0.129. The van der Waals surface area contributed by atoms with E-state index in [1.165, 1.54) is 47.0 Å². The van der Waals surface area contributed by atoms with Crippen LogP contribution in [0, 0.1) is 0 Å². The molecular formula is C32H32F3N7O2S2. The second-order valence-corrected chi connectivity index (χ2v) is 11.7. The largest absolute Gasteiger partial charge is 0.573 e. The molecule has 1 amide bonds. The molecule has 9 nitrogen and oxygen atoms in total. The topological polar surface area (TPSA) is 96.7 Å². The number of amidine groups is 1. The number of aryl methyl sites for hydroxylation is 1. The van der Waals surface area contributed by atoms with Gasteiger partial charge in [-0.1, -0.05) is 74.5 Å². The maximum absolute atomic E-state index is 12.8. The van der Waals surface area contributed by atoms with Crippen molar-refractivity contribution in [2.75, 3.05) is 10.7 Å². The number of hydrogen-bond acceptors (Lipinski definition) is 7. The third-order valence-corrected chi connectivity index (χ3v) is 8.27. The molecule has 2 N–H and O–H groups in total. The number of nitrogens with one attached hydrogen (secondary N) is 2. The highest BCUT2D eigenvalue weighted by Crippen LogP contribution is 2.31. The Balaban J connectivity index is 1.21. The Kier molecular flexibility index (Phi) is 10.7. The third kappa shape index (κ3) is 8.30. The number of thioether (sulfide) groups is 1. The van der Waals surface area contributed by atoms with Gasteiger partial charge in [-0.15, -0.1) is 18.3 Å². The molecule has 0 saturated carbocycles. The number of para-hydroxylation sites is 1. The number of benzene rings is 3. The molecule has 14 heteroatoms. The zero-order valence-corrected chi connectivity index (χ0v) is 26.8. The molecular weight excluding hydrogens is 636 g/mol. The molecule has 1 saturated heterocycles. The number of hydrogen-bond donors (Lipinski definition) is 2. The van der Waals surface area contributed by atoms with Crippen LogP contribution in [0.4, 0.5) is 18.9 Å². The molecule has 0 aliphatic carbocycles. The molecule has 1 atom stereocenters. The minimum atomic E-state index is -4.75. The number of nitrogens with zero attached hydrogens (tertiary/aromatic N) is 5. The van der Waals surface area contributed by atoms with Crippen molar-refractivity contribution in [3.63, 3.8) is 0 Å². The lowest BCUT2D eigenvalue weighted by Crippen LogP contribution is -2.39. The Hall–Kier alpha value is -4.27. The first-order valence-corrected chi connectivity index (χ1v) is 16.1. The van der Waals surface area contributed by atoms with Crippen LogP contribution in [0.25, 0.3) is 17.1 Å². The summed E-state index contributed by atoms with van der Waals surface area (Å²) in [6.07, 6.45) is 0.457. The van der Waals surface area contributed by atoms with Gasteiger partial charge in [0, 0.05) is 5.56 Å². The van der Waals surface area contributed by atoms with E-state index in [4.69, 9.17) is 12.2 Å². The lowest BCUT2D eigenvalue weighted by Gasteiger charge is -2.21. The number of anilines is 1. The highest BCUT2D eigenvalue weighted by molar-refractivity contribution is 8.15. The number of aliphatic imine (C=N–C) groups is 1. The minimum Gasteiger partial charge on any atom is -0.406 e. The second-order valence-electron chi connectivity index (χ2n) is 10.4. The molecule has 0 spiro atoms. The summed E-state index contributed by atoms with van der Waals surface area (Å²) >= 11 is 6.88.